The first-order valence-electron chi connectivity index (χ1n) is 5.76. The van der Waals surface area contributed by atoms with Crippen LogP contribution in [-0.4, -0.2) is 10.1 Å². The van der Waals surface area contributed by atoms with E-state index < -0.39 is 6.10 Å². The highest BCUT2D eigenvalue weighted by Gasteiger charge is 2.06. The minimum atomic E-state index is -0.463. The van der Waals surface area contributed by atoms with E-state index in [9.17, 15) is 5.11 Å². The van der Waals surface area contributed by atoms with Crippen LogP contribution in [-0.2, 0) is 0 Å². The molecule has 0 radical (unpaired) electrons. The monoisotopic (exact) mass is 323 g/mol. The van der Waals surface area contributed by atoms with Gasteiger partial charge in [0.1, 0.15) is 0 Å². The molecule has 1 aromatic carbocycles. The molecule has 4 heteroatoms. The third-order valence-corrected chi connectivity index (χ3v) is 3.98. The molecule has 0 saturated heterocycles. The zero-order valence-corrected chi connectivity index (χ0v) is 12.4. The maximum Gasteiger partial charge on any atom is 0.0957 e. The van der Waals surface area contributed by atoms with Crippen molar-refractivity contribution in [2.75, 3.05) is 0 Å². The molecule has 0 aliphatic rings. The SMILES string of the molecule is CCC(O)c1ccc(Sc2cccc(Br)c2)cn1. The van der Waals surface area contributed by atoms with Crippen molar-refractivity contribution < 1.29 is 5.11 Å². The van der Waals surface area contributed by atoms with Gasteiger partial charge in [0.15, 0.2) is 0 Å². The van der Waals surface area contributed by atoms with Crippen LogP contribution in [0.4, 0.5) is 0 Å². The van der Waals surface area contributed by atoms with E-state index in [4.69, 9.17) is 0 Å². The van der Waals surface area contributed by atoms with E-state index in [-0.39, 0.29) is 0 Å². The second kappa shape index (κ2) is 6.36. The highest BCUT2D eigenvalue weighted by molar-refractivity contribution is 9.10. The zero-order valence-electron chi connectivity index (χ0n) is 10.0. The van der Waals surface area contributed by atoms with Gasteiger partial charge in [-0.3, -0.25) is 4.98 Å². The second-order valence-corrected chi connectivity index (χ2v) is 5.96. The van der Waals surface area contributed by atoms with E-state index in [1.54, 1.807) is 18.0 Å². The fourth-order valence-electron chi connectivity index (χ4n) is 1.52. The van der Waals surface area contributed by atoms with Crippen LogP contribution >= 0.6 is 27.7 Å². The highest BCUT2D eigenvalue weighted by atomic mass is 79.9. The van der Waals surface area contributed by atoms with Crippen molar-refractivity contribution in [3.63, 3.8) is 0 Å². The molecular formula is C14H14BrNOS. The average molecular weight is 324 g/mol. The average Bonchev–Trinajstić information content (AvgIpc) is 2.39. The fraction of sp³-hybridized carbons (Fsp3) is 0.214. The van der Waals surface area contributed by atoms with Gasteiger partial charge >= 0.3 is 0 Å². The van der Waals surface area contributed by atoms with E-state index in [0.717, 1.165) is 20.0 Å². The van der Waals surface area contributed by atoms with Gasteiger partial charge in [-0.15, -0.1) is 0 Å². The van der Waals surface area contributed by atoms with E-state index in [0.29, 0.717) is 6.42 Å². The molecule has 18 heavy (non-hydrogen) atoms. The maximum atomic E-state index is 9.67. The number of benzene rings is 1. The summed E-state index contributed by atoms with van der Waals surface area (Å²) in [6.45, 7) is 1.94. The molecule has 0 spiro atoms. The first-order valence-corrected chi connectivity index (χ1v) is 7.37. The van der Waals surface area contributed by atoms with Crippen LogP contribution in [0.3, 0.4) is 0 Å². The van der Waals surface area contributed by atoms with E-state index >= 15 is 0 Å². The summed E-state index contributed by atoms with van der Waals surface area (Å²) in [5, 5.41) is 9.67. The minimum absolute atomic E-state index is 0.463. The summed E-state index contributed by atoms with van der Waals surface area (Å²) in [6, 6.07) is 12.0. The smallest absolute Gasteiger partial charge is 0.0957 e. The van der Waals surface area contributed by atoms with Gasteiger partial charge in [-0.05, 0) is 36.8 Å². The molecule has 0 saturated carbocycles. The number of aliphatic hydroxyl groups is 1. The van der Waals surface area contributed by atoms with Crippen LogP contribution in [0.1, 0.15) is 25.1 Å². The topological polar surface area (TPSA) is 33.1 Å². The van der Waals surface area contributed by atoms with Crippen molar-refractivity contribution in [2.45, 2.75) is 29.2 Å². The lowest BCUT2D eigenvalue weighted by molar-refractivity contribution is 0.169. The number of pyridine rings is 1. The molecule has 1 unspecified atom stereocenters. The number of hydrogen-bond donors (Lipinski definition) is 1. The Morgan fingerprint density at radius 3 is 2.72 bits per heavy atom. The Morgan fingerprint density at radius 1 is 1.28 bits per heavy atom. The summed E-state index contributed by atoms with van der Waals surface area (Å²) in [5.74, 6) is 0. The van der Waals surface area contributed by atoms with Gasteiger partial charge in [0, 0.05) is 20.5 Å². The predicted molar refractivity (Wildman–Crippen MR) is 77.8 cm³/mol. The van der Waals surface area contributed by atoms with Gasteiger partial charge in [-0.2, -0.15) is 0 Å². The molecular weight excluding hydrogens is 310 g/mol. The van der Waals surface area contributed by atoms with Crippen LogP contribution in [0.2, 0.25) is 0 Å². The Kier molecular flexibility index (Phi) is 4.80. The molecule has 1 atom stereocenters. The molecule has 0 fully saturated rings. The van der Waals surface area contributed by atoms with Crippen LogP contribution in [0, 0.1) is 0 Å². The van der Waals surface area contributed by atoms with E-state index in [1.165, 1.54) is 0 Å². The van der Waals surface area contributed by atoms with Crippen molar-refractivity contribution >= 4 is 27.7 Å². The number of nitrogens with zero attached hydrogens (tertiary/aromatic N) is 1. The summed E-state index contributed by atoms with van der Waals surface area (Å²) in [4.78, 5) is 6.52. The lowest BCUT2D eigenvalue weighted by atomic mass is 10.2. The molecule has 0 aliphatic heterocycles. The third kappa shape index (κ3) is 3.57. The van der Waals surface area contributed by atoms with Crippen LogP contribution in [0.25, 0.3) is 0 Å². The van der Waals surface area contributed by atoms with Crippen LogP contribution in [0.5, 0.6) is 0 Å². The molecule has 2 nitrogen and oxygen atoms in total. The van der Waals surface area contributed by atoms with Crippen molar-refractivity contribution in [1.29, 1.82) is 0 Å². The first-order chi connectivity index (χ1) is 8.69. The number of aromatic nitrogens is 1. The molecule has 0 bridgehead atoms. The molecule has 1 heterocycles. The molecule has 2 rings (SSSR count). The van der Waals surface area contributed by atoms with Crippen molar-refractivity contribution in [1.82, 2.24) is 4.98 Å². The maximum absolute atomic E-state index is 9.67. The van der Waals surface area contributed by atoms with E-state index in [1.807, 2.05) is 31.2 Å². The zero-order chi connectivity index (χ0) is 13.0. The van der Waals surface area contributed by atoms with E-state index in [2.05, 4.69) is 33.0 Å². The molecule has 2 aromatic rings. The lowest BCUT2D eigenvalue weighted by Crippen LogP contribution is -1.97. The molecule has 0 amide bonds. The minimum Gasteiger partial charge on any atom is -0.387 e. The Balaban J connectivity index is 2.11. The number of aliphatic hydroxyl groups excluding tert-OH is 1. The molecule has 0 aliphatic carbocycles. The third-order valence-electron chi connectivity index (χ3n) is 2.52. The van der Waals surface area contributed by atoms with Gasteiger partial charge in [-0.25, -0.2) is 0 Å². The number of halogens is 1. The molecule has 94 valence electrons. The predicted octanol–water partition coefficient (Wildman–Crippen LogP) is 4.44. The van der Waals surface area contributed by atoms with Crippen molar-refractivity contribution in [3.05, 3.63) is 52.8 Å². The Morgan fingerprint density at radius 2 is 2.11 bits per heavy atom. The fourth-order valence-corrected chi connectivity index (χ4v) is 2.92. The van der Waals surface area contributed by atoms with Gasteiger partial charge in [0.2, 0.25) is 0 Å². The molecule has 1 aromatic heterocycles. The summed E-state index contributed by atoms with van der Waals surface area (Å²) in [7, 11) is 0. The Labute approximate surface area is 120 Å². The molecule has 1 N–H and O–H groups in total. The highest BCUT2D eigenvalue weighted by Crippen LogP contribution is 2.29. The first kappa shape index (κ1) is 13.6. The van der Waals surface area contributed by atoms with Gasteiger partial charge in [-0.1, -0.05) is 40.7 Å². The Bertz CT molecular complexity index is 515. The number of rotatable bonds is 4. The van der Waals surface area contributed by atoms with Gasteiger partial charge in [0.05, 0.1) is 11.8 Å². The number of hydrogen-bond acceptors (Lipinski definition) is 3. The standard InChI is InChI=1S/C14H14BrNOS/c1-2-14(17)13-7-6-12(9-16-13)18-11-5-3-4-10(15)8-11/h3-9,14,17H,2H2,1H3. The van der Waals surface area contributed by atoms with Crippen LogP contribution in [0.15, 0.2) is 56.9 Å². The quantitative estimate of drug-likeness (QED) is 0.903. The van der Waals surface area contributed by atoms with Crippen molar-refractivity contribution in [3.8, 4) is 0 Å². The lowest BCUT2D eigenvalue weighted by Gasteiger charge is -2.07. The van der Waals surface area contributed by atoms with Gasteiger partial charge < -0.3 is 5.11 Å². The van der Waals surface area contributed by atoms with Crippen molar-refractivity contribution in [2.24, 2.45) is 0 Å². The second-order valence-electron chi connectivity index (χ2n) is 3.90. The summed E-state index contributed by atoms with van der Waals surface area (Å²) < 4.78 is 1.07. The summed E-state index contributed by atoms with van der Waals surface area (Å²) in [5.41, 5.74) is 0.732. The Hall–Kier alpha value is -0.840. The largest absolute Gasteiger partial charge is 0.387 e. The normalized spacial score (nSPS) is 12.4. The van der Waals surface area contributed by atoms with Gasteiger partial charge in [0.25, 0.3) is 0 Å². The summed E-state index contributed by atoms with van der Waals surface area (Å²) in [6.07, 6.45) is 2.03. The van der Waals surface area contributed by atoms with Crippen LogP contribution < -0.4 is 0 Å². The summed E-state index contributed by atoms with van der Waals surface area (Å²) >= 11 is 5.11.